The number of carbonyl (C=O) groups excluding carboxylic acids is 1. The van der Waals surface area contributed by atoms with Crippen LogP contribution in [0.15, 0.2) is 52.9 Å². The third-order valence-corrected chi connectivity index (χ3v) is 5.35. The smallest absolute Gasteiger partial charge is 0.230 e. The van der Waals surface area contributed by atoms with Crippen LogP contribution in [0.5, 0.6) is 0 Å². The van der Waals surface area contributed by atoms with Crippen molar-refractivity contribution in [1.29, 1.82) is 0 Å². The Morgan fingerprint density at radius 1 is 1.15 bits per heavy atom. The van der Waals surface area contributed by atoms with E-state index >= 15 is 0 Å². The van der Waals surface area contributed by atoms with Gasteiger partial charge in [0.25, 0.3) is 0 Å². The molecule has 1 N–H and O–H groups in total. The highest BCUT2D eigenvalue weighted by Crippen LogP contribution is 2.29. The van der Waals surface area contributed by atoms with E-state index in [0.29, 0.717) is 29.0 Å². The SMILES string of the molecule is Cc1ccc(CNC(=O)CSCc2nc(-c3ccccc3Cl)oc2C)cc1. The van der Waals surface area contributed by atoms with Gasteiger partial charge in [0.1, 0.15) is 5.76 Å². The molecule has 3 aromatic rings. The summed E-state index contributed by atoms with van der Waals surface area (Å²) in [6.07, 6.45) is 0. The third-order valence-electron chi connectivity index (χ3n) is 4.08. The minimum Gasteiger partial charge on any atom is -0.441 e. The van der Waals surface area contributed by atoms with E-state index in [1.54, 1.807) is 0 Å². The van der Waals surface area contributed by atoms with E-state index in [-0.39, 0.29) is 5.91 Å². The second-order valence-electron chi connectivity index (χ2n) is 6.26. The number of amides is 1. The molecule has 0 aliphatic rings. The maximum absolute atomic E-state index is 12.0. The van der Waals surface area contributed by atoms with E-state index < -0.39 is 0 Å². The maximum Gasteiger partial charge on any atom is 0.230 e. The summed E-state index contributed by atoms with van der Waals surface area (Å²) in [5, 5.41) is 3.54. The molecule has 3 rings (SSSR count). The zero-order valence-electron chi connectivity index (χ0n) is 15.3. The number of carbonyl (C=O) groups is 1. The van der Waals surface area contributed by atoms with Crippen molar-refractivity contribution in [1.82, 2.24) is 10.3 Å². The quantitative estimate of drug-likeness (QED) is 0.595. The summed E-state index contributed by atoms with van der Waals surface area (Å²) in [5.41, 5.74) is 3.91. The van der Waals surface area contributed by atoms with Crippen LogP contribution in [-0.2, 0) is 17.1 Å². The van der Waals surface area contributed by atoms with Crippen molar-refractivity contribution < 1.29 is 9.21 Å². The molecule has 0 atom stereocenters. The third kappa shape index (κ3) is 5.37. The fraction of sp³-hybridized carbons (Fsp3) is 0.238. The summed E-state index contributed by atoms with van der Waals surface area (Å²) in [6, 6.07) is 15.6. The molecule has 0 bridgehead atoms. The predicted octanol–water partition coefficient (Wildman–Crippen LogP) is 5.16. The number of oxazole rings is 1. The molecule has 0 saturated heterocycles. The van der Waals surface area contributed by atoms with Crippen LogP contribution in [0.2, 0.25) is 5.02 Å². The van der Waals surface area contributed by atoms with Crippen molar-refractivity contribution >= 4 is 29.3 Å². The number of hydrogen-bond acceptors (Lipinski definition) is 4. The van der Waals surface area contributed by atoms with Gasteiger partial charge in [-0.1, -0.05) is 53.6 Å². The van der Waals surface area contributed by atoms with Crippen molar-refractivity contribution in [3.8, 4) is 11.5 Å². The summed E-state index contributed by atoms with van der Waals surface area (Å²) in [4.78, 5) is 16.6. The number of aryl methyl sites for hydroxylation is 2. The number of rotatable bonds is 7. The largest absolute Gasteiger partial charge is 0.441 e. The molecule has 1 amide bonds. The highest BCUT2D eigenvalue weighted by atomic mass is 35.5. The van der Waals surface area contributed by atoms with Crippen molar-refractivity contribution in [2.75, 3.05) is 5.75 Å². The van der Waals surface area contributed by atoms with E-state index in [4.69, 9.17) is 16.0 Å². The fourth-order valence-corrected chi connectivity index (χ4v) is 3.58. The lowest BCUT2D eigenvalue weighted by molar-refractivity contribution is -0.118. The number of aromatic nitrogens is 1. The second kappa shape index (κ2) is 9.11. The number of hydrogen-bond donors (Lipinski definition) is 1. The Morgan fingerprint density at radius 3 is 2.63 bits per heavy atom. The first-order valence-electron chi connectivity index (χ1n) is 8.64. The molecular formula is C21H21ClN2O2S. The van der Waals surface area contributed by atoms with Crippen molar-refractivity contribution in [3.63, 3.8) is 0 Å². The molecule has 0 radical (unpaired) electrons. The van der Waals surface area contributed by atoms with Gasteiger partial charge in [0.05, 0.1) is 22.0 Å². The first-order chi connectivity index (χ1) is 13.0. The molecule has 1 heterocycles. The van der Waals surface area contributed by atoms with Gasteiger partial charge >= 0.3 is 0 Å². The lowest BCUT2D eigenvalue weighted by Crippen LogP contribution is -2.24. The number of thioether (sulfide) groups is 1. The minimum absolute atomic E-state index is 0.00745. The fourth-order valence-electron chi connectivity index (χ4n) is 2.51. The van der Waals surface area contributed by atoms with Crippen molar-refractivity contribution in [3.05, 3.63) is 76.1 Å². The van der Waals surface area contributed by atoms with E-state index in [1.165, 1.54) is 17.3 Å². The normalized spacial score (nSPS) is 10.8. The molecule has 0 fully saturated rings. The maximum atomic E-state index is 12.0. The van der Waals surface area contributed by atoms with Crippen LogP contribution in [0.1, 0.15) is 22.6 Å². The van der Waals surface area contributed by atoms with E-state index in [2.05, 4.69) is 10.3 Å². The lowest BCUT2D eigenvalue weighted by Gasteiger charge is -2.05. The summed E-state index contributed by atoms with van der Waals surface area (Å²) >= 11 is 7.71. The molecule has 140 valence electrons. The molecule has 2 aromatic carbocycles. The molecule has 0 saturated carbocycles. The van der Waals surface area contributed by atoms with Gasteiger partial charge in [-0.3, -0.25) is 4.79 Å². The van der Waals surface area contributed by atoms with Crippen molar-refractivity contribution in [2.45, 2.75) is 26.1 Å². The van der Waals surface area contributed by atoms with Gasteiger partial charge in [0.15, 0.2) is 0 Å². The minimum atomic E-state index is 0.00745. The average Bonchev–Trinajstić information content (AvgIpc) is 3.02. The summed E-state index contributed by atoms with van der Waals surface area (Å²) in [6.45, 7) is 4.46. The van der Waals surface area contributed by atoms with Gasteiger partial charge in [-0.25, -0.2) is 4.98 Å². The Morgan fingerprint density at radius 2 is 1.89 bits per heavy atom. The zero-order valence-corrected chi connectivity index (χ0v) is 16.9. The number of benzene rings is 2. The zero-order chi connectivity index (χ0) is 19.2. The first kappa shape index (κ1) is 19.5. The Labute approximate surface area is 168 Å². The van der Waals surface area contributed by atoms with E-state index in [0.717, 1.165) is 22.6 Å². The molecule has 1 aromatic heterocycles. The standard InChI is InChI=1S/C21H21ClN2O2S/c1-14-7-9-16(10-8-14)11-23-20(25)13-27-12-19-15(2)26-21(24-19)17-5-3-4-6-18(17)22/h3-10H,11-13H2,1-2H3,(H,23,25). The van der Waals surface area contributed by atoms with Gasteiger partial charge in [0.2, 0.25) is 11.8 Å². The van der Waals surface area contributed by atoms with Crippen LogP contribution in [0.3, 0.4) is 0 Å². The molecule has 0 spiro atoms. The van der Waals surface area contributed by atoms with E-state index in [9.17, 15) is 4.79 Å². The summed E-state index contributed by atoms with van der Waals surface area (Å²) < 4.78 is 5.74. The molecular weight excluding hydrogens is 380 g/mol. The highest BCUT2D eigenvalue weighted by Gasteiger charge is 2.14. The van der Waals surface area contributed by atoms with Gasteiger partial charge < -0.3 is 9.73 Å². The Balaban J connectivity index is 1.49. The van der Waals surface area contributed by atoms with Crippen LogP contribution < -0.4 is 5.32 Å². The number of nitrogens with one attached hydrogen (secondary N) is 1. The highest BCUT2D eigenvalue weighted by molar-refractivity contribution is 7.99. The molecule has 6 heteroatoms. The lowest BCUT2D eigenvalue weighted by atomic mass is 10.1. The number of halogens is 1. The second-order valence-corrected chi connectivity index (χ2v) is 7.65. The molecule has 0 unspecified atom stereocenters. The summed E-state index contributed by atoms with van der Waals surface area (Å²) in [5.74, 6) is 2.25. The molecule has 0 aliphatic heterocycles. The van der Waals surface area contributed by atoms with Crippen molar-refractivity contribution in [2.24, 2.45) is 0 Å². The average molecular weight is 401 g/mol. The van der Waals surface area contributed by atoms with Crippen LogP contribution in [0.25, 0.3) is 11.5 Å². The van der Waals surface area contributed by atoms with Crippen LogP contribution in [0, 0.1) is 13.8 Å². The predicted molar refractivity (Wildman–Crippen MR) is 111 cm³/mol. The van der Waals surface area contributed by atoms with Gasteiger partial charge in [0, 0.05) is 12.3 Å². The molecule has 0 aliphatic carbocycles. The topological polar surface area (TPSA) is 55.1 Å². The molecule has 4 nitrogen and oxygen atoms in total. The van der Waals surface area contributed by atoms with Gasteiger partial charge in [-0.15, -0.1) is 11.8 Å². The van der Waals surface area contributed by atoms with Crippen LogP contribution in [-0.4, -0.2) is 16.6 Å². The Kier molecular flexibility index (Phi) is 6.58. The van der Waals surface area contributed by atoms with E-state index in [1.807, 2.05) is 62.4 Å². The van der Waals surface area contributed by atoms with Gasteiger partial charge in [-0.2, -0.15) is 0 Å². The monoisotopic (exact) mass is 400 g/mol. The number of nitrogens with zero attached hydrogens (tertiary/aromatic N) is 1. The Hall–Kier alpha value is -2.24. The van der Waals surface area contributed by atoms with Crippen LogP contribution >= 0.6 is 23.4 Å². The van der Waals surface area contributed by atoms with Crippen LogP contribution in [0.4, 0.5) is 0 Å². The molecule has 27 heavy (non-hydrogen) atoms. The Bertz CT molecular complexity index is 922. The summed E-state index contributed by atoms with van der Waals surface area (Å²) in [7, 11) is 0. The first-order valence-corrected chi connectivity index (χ1v) is 10.2. The van der Waals surface area contributed by atoms with Gasteiger partial charge in [-0.05, 0) is 31.5 Å².